The molecular formula is C9H13N3O3. The number of carbonyl (C=O) groups is 2. The Morgan fingerprint density at radius 2 is 2.27 bits per heavy atom. The second-order valence-electron chi connectivity index (χ2n) is 2.75. The Balaban J connectivity index is 2.16. The molecule has 1 aliphatic rings. The molecule has 1 rings (SSSR count). The minimum atomic E-state index is -0.689. The zero-order valence-corrected chi connectivity index (χ0v) is 8.37. The lowest BCUT2D eigenvalue weighted by atomic mass is 10.4. The average molecular weight is 211 g/mol. The molecule has 0 heterocycles. The minimum absolute atomic E-state index is 0.254. The molecule has 0 bridgehead atoms. The van der Waals surface area contributed by atoms with Crippen molar-refractivity contribution in [3.05, 3.63) is 23.9 Å². The summed E-state index contributed by atoms with van der Waals surface area (Å²) in [4.78, 5) is 21.9. The van der Waals surface area contributed by atoms with E-state index in [4.69, 9.17) is 0 Å². The van der Waals surface area contributed by atoms with E-state index in [1.807, 2.05) is 12.2 Å². The first-order chi connectivity index (χ1) is 7.22. The highest BCUT2D eigenvalue weighted by atomic mass is 16.6. The Morgan fingerprint density at radius 1 is 1.47 bits per heavy atom. The van der Waals surface area contributed by atoms with Crippen LogP contribution in [0.15, 0.2) is 23.9 Å². The number of rotatable bonds is 2. The standard InChI is InChI=1S/C9H13N3O3/c1-2-15-9(14)12-11-8(13)10-7-5-3-4-6-7/h3-5H,2,6H2,1H3,(H,12,14)(H2,10,11,13). The van der Waals surface area contributed by atoms with Gasteiger partial charge in [-0.2, -0.15) is 0 Å². The van der Waals surface area contributed by atoms with Crippen LogP contribution in [0.4, 0.5) is 9.59 Å². The van der Waals surface area contributed by atoms with Gasteiger partial charge in [0.25, 0.3) is 0 Å². The number of nitrogens with one attached hydrogen (secondary N) is 3. The van der Waals surface area contributed by atoms with Gasteiger partial charge in [0.1, 0.15) is 0 Å². The van der Waals surface area contributed by atoms with E-state index in [-0.39, 0.29) is 6.61 Å². The number of hydrogen-bond acceptors (Lipinski definition) is 3. The van der Waals surface area contributed by atoms with Crippen LogP contribution in [-0.4, -0.2) is 18.7 Å². The summed E-state index contributed by atoms with van der Waals surface area (Å²) >= 11 is 0. The van der Waals surface area contributed by atoms with Gasteiger partial charge in [0, 0.05) is 12.1 Å². The predicted octanol–water partition coefficient (Wildman–Crippen LogP) is 0.790. The van der Waals surface area contributed by atoms with Gasteiger partial charge in [-0.05, 0) is 13.0 Å². The third-order valence-corrected chi connectivity index (χ3v) is 1.60. The zero-order chi connectivity index (χ0) is 11.1. The summed E-state index contributed by atoms with van der Waals surface area (Å²) in [5, 5.41) is 2.55. The summed E-state index contributed by atoms with van der Waals surface area (Å²) in [6.45, 7) is 1.93. The molecule has 0 aromatic heterocycles. The lowest BCUT2D eigenvalue weighted by molar-refractivity contribution is 0.147. The molecule has 0 unspecified atom stereocenters. The van der Waals surface area contributed by atoms with Crippen molar-refractivity contribution in [2.45, 2.75) is 13.3 Å². The summed E-state index contributed by atoms with van der Waals surface area (Å²) in [6.07, 6.45) is 5.53. The van der Waals surface area contributed by atoms with Crippen LogP contribution in [-0.2, 0) is 4.74 Å². The van der Waals surface area contributed by atoms with E-state index in [1.165, 1.54) is 0 Å². The smallest absolute Gasteiger partial charge is 0.426 e. The highest BCUT2D eigenvalue weighted by molar-refractivity contribution is 5.79. The summed E-state index contributed by atoms with van der Waals surface area (Å²) in [6, 6.07) is -0.502. The molecule has 15 heavy (non-hydrogen) atoms. The van der Waals surface area contributed by atoms with Gasteiger partial charge in [0.15, 0.2) is 0 Å². The number of allylic oxidation sites excluding steroid dienone is 3. The van der Waals surface area contributed by atoms with Crippen molar-refractivity contribution in [2.75, 3.05) is 6.61 Å². The fourth-order valence-corrected chi connectivity index (χ4v) is 0.992. The number of carbonyl (C=O) groups excluding carboxylic acids is 2. The molecule has 1 aliphatic carbocycles. The van der Waals surface area contributed by atoms with Gasteiger partial charge in [-0.15, -0.1) is 0 Å². The molecular weight excluding hydrogens is 198 g/mol. The first-order valence-electron chi connectivity index (χ1n) is 4.58. The second kappa shape index (κ2) is 5.69. The molecule has 0 saturated carbocycles. The maximum absolute atomic E-state index is 11.1. The van der Waals surface area contributed by atoms with E-state index >= 15 is 0 Å². The molecule has 0 atom stereocenters. The van der Waals surface area contributed by atoms with Crippen LogP contribution in [0.5, 0.6) is 0 Å². The van der Waals surface area contributed by atoms with Crippen molar-refractivity contribution in [1.82, 2.24) is 16.2 Å². The van der Waals surface area contributed by atoms with Gasteiger partial charge in [-0.25, -0.2) is 20.4 Å². The Morgan fingerprint density at radius 3 is 2.87 bits per heavy atom. The van der Waals surface area contributed by atoms with Crippen molar-refractivity contribution >= 4 is 12.1 Å². The zero-order valence-electron chi connectivity index (χ0n) is 8.37. The van der Waals surface area contributed by atoms with Crippen LogP contribution < -0.4 is 16.2 Å². The third-order valence-electron chi connectivity index (χ3n) is 1.60. The Hall–Kier alpha value is -1.98. The maximum Gasteiger partial charge on any atom is 0.426 e. The van der Waals surface area contributed by atoms with Gasteiger partial charge < -0.3 is 10.1 Å². The van der Waals surface area contributed by atoms with Gasteiger partial charge in [-0.1, -0.05) is 12.2 Å². The molecule has 0 spiro atoms. The molecule has 0 saturated heterocycles. The first kappa shape index (κ1) is 11.1. The van der Waals surface area contributed by atoms with E-state index in [0.29, 0.717) is 6.42 Å². The summed E-state index contributed by atoms with van der Waals surface area (Å²) in [5.41, 5.74) is 5.01. The topological polar surface area (TPSA) is 79.5 Å². The lowest BCUT2D eigenvalue weighted by Gasteiger charge is -2.08. The number of hydrogen-bond donors (Lipinski definition) is 3. The van der Waals surface area contributed by atoms with Crippen LogP contribution in [0.3, 0.4) is 0 Å². The van der Waals surface area contributed by atoms with E-state index in [0.717, 1.165) is 5.70 Å². The molecule has 0 aromatic carbocycles. The fraction of sp³-hybridized carbons (Fsp3) is 0.333. The van der Waals surface area contributed by atoms with Crippen molar-refractivity contribution in [3.8, 4) is 0 Å². The van der Waals surface area contributed by atoms with E-state index in [1.54, 1.807) is 13.0 Å². The number of urea groups is 1. The molecule has 3 amide bonds. The molecule has 6 heteroatoms. The predicted molar refractivity (Wildman–Crippen MR) is 53.7 cm³/mol. The van der Waals surface area contributed by atoms with Gasteiger partial charge in [0.2, 0.25) is 0 Å². The number of hydrazine groups is 1. The van der Waals surface area contributed by atoms with Gasteiger partial charge >= 0.3 is 12.1 Å². The monoisotopic (exact) mass is 211 g/mol. The van der Waals surface area contributed by atoms with Gasteiger partial charge in [0.05, 0.1) is 6.61 Å². The first-order valence-corrected chi connectivity index (χ1v) is 4.58. The summed E-state index contributed by atoms with van der Waals surface area (Å²) in [5.74, 6) is 0. The van der Waals surface area contributed by atoms with Crippen LogP contribution >= 0.6 is 0 Å². The van der Waals surface area contributed by atoms with Crippen LogP contribution in [0.2, 0.25) is 0 Å². The van der Waals surface area contributed by atoms with Crippen molar-refractivity contribution < 1.29 is 14.3 Å². The molecule has 6 nitrogen and oxygen atoms in total. The SMILES string of the molecule is CCOC(=O)NNC(=O)NC1=CC=CC1. The van der Waals surface area contributed by atoms with E-state index in [2.05, 4.69) is 20.9 Å². The van der Waals surface area contributed by atoms with Crippen LogP contribution in [0.25, 0.3) is 0 Å². The third kappa shape index (κ3) is 4.17. The lowest BCUT2D eigenvalue weighted by Crippen LogP contribution is -2.46. The van der Waals surface area contributed by atoms with Crippen molar-refractivity contribution in [1.29, 1.82) is 0 Å². The number of amides is 3. The Kier molecular flexibility index (Phi) is 4.21. The molecule has 0 aliphatic heterocycles. The van der Waals surface area contributed by atoms with Crippen LogP contribution in [0, 0.1) is 0 Å². The highest BCUT2D eigenvalue weighted by Crippen LogP contribution is 2.05. The molecule has 0 fully saturated rings. The second-order valence-corrected chi connectivity index (χ2v) is 2.75. The Bertz CT molecular complexity index is 310. The number of ether oxygens (including phenoxy) is 1. The summed E-state index contributed by atoms with van der Waals surface area (Å²) in [7, 11) is 0. The average Bonchev–Trinajstić information content (AvgIpc) is 2.68. The van der Waals surface area contributed by atoms with Crippen LogP contribution in [0.1, 0.15) is 13.3 Å². The molecule has 0 radical (unpaired) electrons. The normalized spacial score (nSPS) is 13.0. The Labute approximate surface area is 87.3 Å². The maximum atomic E-state index is 11.1. The molecule has 82 valence electrons. The van der Waals surface area contributed by atoms with E-state index in [9.17, 15) is 9.59 Å². The quantitative estimate of drug-likeness (QED) is 0.591. The van der Waals surface area contributed by atoms with E-state index < -0.39 is 12.1 Å². The minimum Gasteiger partial charge on any atom is -0.449 e. The summed E-state index contributed by atoms with van der Waals surface area (Å²) < 4.78 is 4.54. The highest BCUT2D eigenvalue weighted by Gasteiger charge is 2.06. The van der Waals surface area contributed by atoms with Gasteiger partial charge in [-0.3, -0.25) is 0 Å². The fourth-order valence-electron chi connectivity index (χ4n) is 0.992. The molecule has 0 aromatic rings. The largest absolute Gasteiger partial charge is 0.449 e. The van der Waals surface area contributed by atoms with Crippen molar-refractivity contribution in [2.24, 2.45) is 0 Å². The molecule has 3 N–H and O–H groups in total. The van der Waals surface area contributed by atoms with Crippen molar-refractivity contribution in [3.63, 3.8) is 0 Å².